The van der Waals surface area contributed by atoms with Crippen LogP contribution in [0.4, 0.5) is 4.79 Å². The highest BCUT2D eigenvalue weighted by Crippen LogP contribution is 2.16. The predicted octanol–water partition coefficient (Wildman–Crippen LogP) is 2.82. The molecule has 0 aliphatic carbocycles. The molecule has 1 aliphatic rings. The van der Waals surface area contributed by atoms with Crippen molar-refractivity contribution in [1.82, 2.24) is 10.6 Å². The fourth-order valence-electron chi connectivity index (χ4n) is 1.60. The maximum Gasteiger partial charge on any atom is 0.317 e. The highest BCUT2D eigenvalue weighted by Gasteiger charge is 2.39. The van der Waals surface area contributed by atoms with Gasteiger partial charge in [0.05, 0.1) is 12.6 Å². The summed E-state index contributed by atoms with van der Waals surface area (Å²) in [5.41, 5.74) is 0.771. The summed E-state index contributed by atoms with van der Waals surface area (Å²) in [4.78, 5) is 10.6. The van der Waals surface area contributed by atoms with E-state index in [-0.39, 0.29) is 6.03 Å². The van der Waals surface area contributed by atoms with Crippen LogP contribution in [0, 0.1) is 6.92 Å². The molecule has 5 heteroatoms. The lowest BCUT2D eigenvalue weighted by molar-refractivity contribution is 0.0888. The molecule has 0 spiro atoms. The monoisotopic (exact) mass is 296 g/mol. The third-order valence-corrected chi connectivity index (χ3v) is 3.26. The van der Waals surface area contributed by atoms with Crippen LogP contribution in [-0.4, -0.2) is 30.0 Å². The molecule has 2 amide bonds. The lowest BCUT2D eigenvalue weighted by Gasteiger charge is -2.23. The maximum absolute atomic E-state index is 10.6. The first kappa shape index (κ1) is 19.2. The molecule has 5 nitrogen and oxygen atoms in total. The average molecular weight is 296 g/mol. The zero-order valence-corrected chi connectivity index (χ0v) is 13.9. The first-order valence-electron chi connectivity index (χ1n) is 7.28. The molecular formula is C16H28N2O3. The van der Waals surface area contributed by atoms with Crippen LogP contribution in [0.5, 0.6) is 5.75 Å². The van der Waals surface area contributed by atoms with Crippen molar-refractivity contribution < 1.29 is 14.6 Å². The quantitative estimate of drug-likeness (QED) is 0.786. The minimum absolute atomic E-state index is 0.295. The summed E-state index contributed by atoms with van der Waals surface area (Å²) in [6.45, 7) is 9.77. The number of rotatable bonds is 2. The Bertz CT molecular complexity index is 420. The van der Waals surface area contributed by atoms with Crippen LogP contribution in [0.1, 0.15) is 39.7 Å². The van der Waals surface area contributed by atoms with Gasteiger partial charge in [0.25, 0.3) is 0 Å². The van der Waals surface area contributed by atoms with Gasteiger partial charge in [-0.25, -0.2) is 4.79 Å². The number of aliphatic hydroxyl groups is 1. The number of hydrogen-bond acceptors (Lipinski definition) is 3. The molecule has 1 aromatic rings. The van der Waals surface area contributed by atoms with Crippen LogP contribution in [0.3, 0.4) is 0 Å². The third-order valence-electron chi connectivity index (χ3n) is 3.26. The molecule has 0 saturated carbocycles. The lowest BCUT2D eigenvalue weighted by atomic mass is 9.99. The Morgan fingerprint density at radius 3 is 2.10 bits per heavy atom. The van der Waals surface area contributed by atoms with Crippen molar-refractivity contribution in [3.8, 4) is 5.75 Å². The van der Waals surface area contributed by atoms with Crippen molar-refractivity contribution >= 4 is 6.03 Å². The standard InChI is InChI=1S/C8H10O.C6H12N2O2.C2H6/c1-7-3-5-8(9-2)6-4-7;1-3-6(2)4(9)7-5(10)8-6;1-2/h3-6H,1-2H3;4,9H,3H2,1-2H3,(H2,7,8,10);1-2H3. The first-order valence-corrected chi connectivity index (χ1v) is 7.28. The van der Waals surface area contributed by atoms with Crippen molar-refractivity contribution in [3.63, 3.8) is 0 Å². The molecule has 2 atom stereocenters. The van der Waals surface area contributed by atoms with Gasteiger partial charge in [0, 0.05) is 0 Å². The van der Waals surface area contributed by atoms with Crippen molar-refractivity contribution in [2.75, 3.05) is 7.11 Å². The lowest BCUT2D eigenvalue weighted by Crippen LogP contribution is -2.45. The van der Waals surface area contributed by atoms with Crippen LogP contribution >= 0.6 is 0 Å². The molecule has 1 aliphatic heterocycles. The van der Waals surface area contributed by atoms with Crippen LogP contribution in [-0.2, 0) is 0 Å². The number of urea groups is 1. The number of nitrogens with one attached hydrogen (secondary N) is 2. The number of aryl methyl sites for hydroxylation is 1. The molecule has 0 radical (unpaired) electrons. The summed E-state index contributed by atoms with van der Waals surface area (Å²) in [5.74, 6) is 0.917. The van der Waals surface area contributed by atoms with E-state index in [1.807, 2.05) is 45.0 Å². The normalized spacial score (nSPS) is 22.8. The SMILES string of the molecule is CC.CCC1(C)NC(=O)NC1O.COc1ccc(C)cc1. The van der Waals surface area contributed by atoms with E-state index in [1.165, 1.54) is 5.56 Å². The van der Waals surface area contributed by atoms with Gasteiger partial charge in [-0.2, -0.15) is 0 Å². The summed E-state index contributed by atoms with van der Waals surface area (Å²) in [6, 6.07) is 7.67. The zero-order valence-electron chi connectivity index (χ0n) is 13.9. The molecular weight excluding hydrogens is 268 g/mol. The van der Waals surface area contributed by atoms with Gasteiger partial charge >= 0.3 is 6.03 Å². The van der Waals surface area contributed by atoms with Gasteiger partial charge in [0.1, 0.15) is 5.75 Å². The molecule has 1 fully saturated rings. The van der Waals surface area contributed by atoms with Gasteiger partial charge < -0.3 is 20.5 Å². The van der Waals surface area contributed by atoms with E-state index >= 15 is 0 Å². The first-order chi connectivity index (χ1) is 9.91. The van der Waals surface area contributed by atoms with E-state index in [0.717, 1.165) is 5.75 Å². The van der Waals surface area contributed by atoms with Gasteiger partial charge in [-0.15, -0.1) is 0 Å². The number of hydrogen-bond donors (Lipinski definition) is 3. The smallest absolute Gasteiger partial charge is 0.317 e. The summed E-state index contributed by atoms with van der Waals surface area (Å²) in [7, 11) is 1.67. The van der Waals surface area contributed by atoms with E-state index in [0.29, 0.717) is 6.42 Å². The van der Waals surface area contributed by atoms with Gasteiger partial charge in [0.15, 0.2) is 6.23 Å². The second-order valence-electron chi connectivity index (χ2n) is 4.79. The molecule has 3 N–H and O–H groups in total. The molecule has 1 saturated heterocycles. The number of ether oxygens (including phenoxy) is 1. The fourth-order valence-corrected chi connectivity index (χ4v) is 1.60. The molecule has 0 bridgehead atoms. The number of aliphatic hydroxyl groups excluding tert-OH is 1. The Kier molecular flexibility index (Phi) is 8.47. The highest BCUT2D eigenvalue weighted by atomic mass is 16.5. The van der Waals surface area contributed by atoms with Gasteiger partial charge in [-0.1, -0.05) is 38.5 Å². The average Bonchev–Trinajstić information content (AvgIpc) is 2.76. The summed E-state index contributed by atoms with van der Waals surface area (Å²) >= 11 is 0. The predicted molar refractivity (Wildman–Crippen MR) is 85.4 cm³/mol. The summed E-state index contributed by atoms with van der Waals surface area (Å²) < 4.78 is 4.97. The summed E-state index contributed by atoms with van der Waals surface area (Å²) in [5, 5.41) is 14.2. The van der Waals surface area contributed by atoms with Crippen LogP contribution in [0.25, 0.3) is 0 Å². The van der Waals surface area contributed by atoms with E-state index in [9.17, 15) is 9.90 Å². The molecule has 21 heavy (non-hydrogen) atoms. The molecule has 120 valence electrons. The van der Waals surface area contributed by atoms with Gasteiger partial charge in [0.2, 0.25) is 0 Å². The zero-order chi connectivity index (χ0) is 16.5. The van der Waals surface area contributed by atoms with Gasteiger partial charge in [-0.3, -0.25) is 0 Å². The van der Waals surface area contributed by atoms with Crippen molar-refractivity contribution in [3.05, 3.63) is 29.8 Å². The minimum atomic E-state index is -0.759. The number of carbonyl (C=O) groups excluding carboxylic acids is 1. The Labute approximate surface area is 127 Å². The Balaban J connectivity index is 0.000000342. The number of methoxy groups -OCH3 is 1. The van der Waals surface area contributed by atoms with Crippen LogP contribution in [0.15, 0.2) is 24.3 Å². The number of carbonyl (C=O) groups is 1. The van der Waals surface area contributed by atoms with Crippen molar-refractivity contribution in [1.29, 1.82) is 0 Å². The van der Waals surface area contributed by atoms with Gasteiger partial charge in [-0.05, 0) is 32.4 Å². The number of amides is 2. The largest absolute Gasteiger partial charge is 0.497 e. The second kappa shape index (κ2) is 9.23. The summed E-state index contributed by atoms with van der Waals surface area (Å²) in [6.07, 6.45) is -0.0441. The highest BCUT2D eigenvalue weighted by molar-refractivity contribution is 5.77. The molecule has 0 aromatic heterocycles. The molecule has 1 heterocycles. The molecule has 1 aromatic carbocycles. The van der Waals surface area contributed by atoms with E-state index in [2.05, 4.69) is 17.6 Å². The molecule has 2 unspecified atom stereocenters. The minimum Gasteiger partial charge on any atom is -0.497 e. The second-order valence-corrected chi connectivity index (χ2v) is 4.79. The van der Waals surface area contributed by atoms with E-state index in [4.69, 9.17) is 4.74 Å². The fraction of sp³-hybridized carbons (Fsp3) is 0.562. The van der Waals surface area contributed by atoms with Crippen molar-refractivity contribution in [2.24, 2.45) is 0 Å². The topological polar surface area (TPSA) is 70.6 Å². The number of benzene rings is 1. The maximum atomic E-state index is 10.6. The van der Waals surface area contributed by atoms with E-state index < -0.39 is 11.8 Å². The van der Waals surface area contributed by atoms with Crippen molar-refractivity contribution in [2.45, 2.75) is 52.8 Å². The third kappa shape index (κ3) is 6.04. The van der Waals surface area contributed by atoms with E-state index in [1.54, 1.807) is 14.0 Å². The van der Waals surface area contributed by atoms with Crippen LogP contribution in [0.2, 0.25) is 0 Å². The Hall–Kier alpha value is -1.75. The van der Waals surface area contributed by atoms with Crippen LogP contribution < -0.4 is 15.4 Å². The Morgan fingerprint density at radius 1 is 1.29 bits per heavy atom. The Morgan fingerprint density at radius 2 is 1.81 bits per heavy atom. The molecule has 2 rings (SSSR count).